The Morgan fingerprint density at radius 1 is 1.28 bits per heavy atom. The number of hydrogen-bond acceptors (Lipinski definition) is 5. The third kappa shape index (κ3) is 5.68. The van der Waals surface area contributed by atoms with Crippen molar-refractivity contribution in [2.75, 3.05) is 33.4 Å². The summed E-state index contributed by atoms with van der Waals surface area (Å²) in [5.74, 6) is -1.03. The molecule has 1 saturated heterocycles. The third-order valence-corrected chi connectivity index (χ3v) is 7.33. The van der Waals surface area contributed by atoms with Gasteiger partial charge >= 0.3 is 6.61 Å². The van der Waals surface area contributed by atoms with Gasteiger partial charge in [0, 0.05) is 32.3 Å². The molecule has 0 bridgehead atoms. The molecule has 0 aliphatic carbocycles. The zero-order valence-electron chi connectivity index (χ0n) is 19.9. The molecule has 12 heteroatoms. The van der Waals surface area contributed by atoms with Crippen LogP contribution in [0.4, 0.5) is 13.2 Å². The molecule has 1 fully saturated rings. The van der Waals surface area contributed by atoms with E-state index in [0.717, 1.165) is 0 Å². The summed E-state index contributed by atoms with van der Waals surface area (Å²) in [5, 5.41) is 4.29. The van der Waals surface area contributed by atoms with Gasteiger partial charge in [-0.15, -0.1) is 0 Å². The molecule has 2 aliphatic heterocycles. The molecule has 2 aliphatic rings. The van der Waals surface area contributed by atoms with E-state index in [9.17, 15) is 22.8 Å². The molecule has 8 nitrogen and oxygen atoms in total. The van der Waals surface area contributed by atoms with E-state index in [0.29, 0.717) is 56.0 Å². The van der Waals surface area contributed by atoms with Gasteiger partial charge in [-0.25, -0.2) is 4.39 Å². The van der Waals surface area contributed by atoms with Gasteiger partial charge in [0.15, 0.2) is 0 Å². The van der Waals surface area contributed by atoms with Crippen molar-refractivity contribution >= 4 is 23.4 Å². The van der Waals surface area contributed by atoms with E-state index in [2.05, 4.69) is 9.84 Å². The molecule has 2 aromatic rings. The van der Waals surface area contributed by atoms with Crippen molar-refractivity contribution in [2.45, 2.75) is 50.9 Å². The molecule has 0 spiro atoms. The first-order chi connectivity index (χ1) is 17.2. The van der Waals surface area contributed by atoms with Gasteiger partial charge in [0.05, 0.1) is 48.6 Å². The smallest absolute Gasteiger partial charge is 0.345 e. The fourth-order valence-corrected chi connectivity index (χ4v) is 5.01. The highest BCUT2D eigenvalue weighted by molar-refractivity contribution is 6.30. The van der Waals surface area contributed by atoms with Crippen molar-refractivity contribution in [3.05, 3.63) is 52.1 Å². The number of alkyl halides is 2. The molecule has 1 aromatic carbocycles. The first-order valence-corrected chi connectivity index (χ1v) is 12.1. The quantitative estimate of drug-likeness (QED) is 0.524. The number of fused-ring (bicyclic) bond motifs is 1. The maximum Gasteiger partial charge on any atom is 0.345 e. The monoisotopic (exact) mass is 528 g/mol. The van der Waals surface area contributed by atoms with Crippen LogP contribution in [0.1, 0.15) is 40.9 Å². The Bertz CT molecular complexity index is 1110. The van der Waals surface area contributed by atoms with Crippen LogP contribution in [0.15, 0.2) is 24.4 Å². The van der Waals surface area contributed by atoms with Gasteiger partial charge < -0.3 is 19.3 Å². The highest BCUT2D eigenvalue weighted by Crippen LogP contribution is 2.33. The lowest BCUT2D eigenvalue weighted by molar-refractivity contribution is -0.138. The van der Waals surface area contributed by atoms with Crippen molar-refractivity contribution < 1.29 is 32.2 Å². The first kappa shape index (κ1) is 26.4. The second kappa shape index (κ2) is 11.2. The predicted molar refractivity (Wildman–Crippen MR) is 124 cm³/mol. The largest absolute Gasteiger partial charge is 0.381 e. The highest BCUT2D eigenvalue weighted by atomic mass is 35.5. The summed E-state index contributed by atoms with van der Waals surface area (Å²) in [7, 11) is 1.66. The van der Waals surface area contributed by atoms with Gasteiger partial charge in [-0.05, 0) is 37.0 Å². The fraction of sp³-hybridized carbons (Fsp3) is 0.542. The van der Waals surface area contributed by atoms with Crippen LogP contribution >= 0.6 is 11.6 Å². The lowest BCUT2D eigenvalue weighted by atomic mass is 9.84. The molecule has 196 valence electrons. The number of halogens is 4. The van der Waals surface area contributed by atoms with Crippen LogP contribution in [0.25, 0.3) is 0 Å². The summed E-state index contributed by atoms with van der Waals surface area (Å²) < 4.78 is 50.2. The third-order valence-electron chi connectivity index (χ3n) is 7.04. The molecule has 3 heterocycles. The molecule has 1 aromatic heterocycles. The van der Waals surface area contributed by atoms with E-state index < -0.39 is 18.0 Å². The summed E-state index contributed by atoms with van der Waals surface area (Å²) in [6, 6.07) is 4.17. The van der Waals surface area contributed by atoms with E-state index in [1.54, 1.807) is 21.5 Å². The summed E-state index contributed by atoms with van der Waals surface area (Å²) in [5.41, 5.74) is 0.870. The van der Waals surface area contributed by atoms with Crippen LogP contribution in [0, 0.1) is 5.82 Å². The van der Waals surface area contributed by atoms with Crippen LogP contribution in [-0.2, 0) is 33.8 Å². The Morgan fingerprint density at radius 3 is 2.72 bits per heavy atom. The number of amides is 2. The molecule has 0 saturated carbocycles. The van der Waals surface area contributed by atoms with E-state index in [4.69, 9.17) is 16.3 Å². The van der Waals surface area contributed by atoms with Gasteiger partial charge in [0.1, 0.15) is 5.82 Å². The Kier molecular flexibility index (Phi) is 8.21. The fourth-order valence-electron chi connectivity index (χ4n) is 4.81. The maximum atomic E-state index is 13.6. The number of hydrogen-bond donors (Lipinski definition) is 0. The normalized spacial score (nSPS) is 17.2. The van der Waals surface area contributed by atoms with Crippen molar-refractivity contribution in [1.29, 1.82) is 0 Å². The molecule has 0 radical (unpaired) electrons. The van der Waals surface area contributed by atoms with Gasteiger partial charge in [-0.3, -0.25) is 14.3 Å². The zero-order chi connectivity index (χ0) is 25.9. The van der Waals surface area contributed by atoms with Crippen LogP contribution < -0.4 is 0 Å². The van der Waals surface area contributed by atoms with E-state index in [-0.39, 0.29) is 42.8 Å². The summed E-state index contributed by atoms with van der Waals surface area (Å²) >= 11 is 5.84. The molecular formula is C24H28ClF3N4O4. The van der Waals surface area contributed by atoms with Gasteiger partial charge in [-0.2, -0.15) is 13.9 Å². The maximum absolute atomic E-state index is 13.6. The van der Waals surface area contributed by atoms with Crippen LogP contribution in [0.3, 0.4) is 0 Å². The SMILES string of the molecule is CN(C(=O)c1cnn2c1CN(C(=O)Cc1ccc(F)c(Cl)c1)CC2)C1(CCOC(F)F)CCOCC1. The molecular weight excluding hydrogens is 501 g/mol. The lowest BCUT2D eigenvalue weighted by Crippen LogP contribution is -2.53. The number of ether oxygens (including phenoxy) is 2. The van der Waals surface area contributed by atoms with Crippen molar-refractivity contribution in [3.8, 4) is 0 Å². The molecule has 0 N–H and O–H groups in total. The van der Waals surface area contributed by atoms with Gasteiger partial charge in [0.2, 0.25) is 5.91 Å². The van der Waals surface area contributed by atoms with Crippen molar-refractivity contribution in [1.82, 2.24) is 19.6 Å². The molecule has 0 unspecified atom stereocenters. The standard InChI is InChI=1S/C24H28ClF3N4O4/c1-30(24(4-9-35-10-5-24)6-11-36-23(27)28)22(34)17-14-29-32-8-7-31(15-20(17)32)21(33)13-16-2-3-19(26)18(25)12-16/h2-3,12,14,23H,4-11,13,15H2,1H3. The van der Waals surface area contributed by atoms with E-state index >= 15 is 0 Å². The molecule has 36 heavy (non-hydrogen) atoms. The van der Waals surface area contributed by atoms with Gasteiger partial charge in [0.25, 0.3) is 5.91 Å². The van der Waals surface area contributed by atoms with Crippen LogP contribution in [0.5, 0.6) is 0 Å². The second-order valence-electron chi connectivity index (χ2n) is 9.05. The molecule has 4 rings (SSSR count). The number of aromatic nitrogens is 2. The Morgan fingerprint density at radius 2 is 2.03 bits per heavy atom. The molecule has 2 amide bonds. The minimum atomic E-state index is -2.87. The Labute approximate surface area is 211 Å². The second-order valence-corrected chi connectivity index (χ2v) is 9.46. The number of carbonyl (C=O) groups is 2. The highest BCUT2D eigenvalue weighted by Gasteiger charge is 2.40. The van der Waals surface area contributed by atoms with Crippen molar-refractivity contribution in [3.63, 3.8) is 0 Å². The van der Waals surface area contributed by atoms with Crippen molar-refractivity contribution in [2.24, 2.45) is 0 Å². The topological polar surface area (TPSA) is 76.9 Å². The predicted octanol–water partition coefficient (Wildman–Crippen LogP) is 3.51. The molecule has 0 atom stereocenters. The number of nitrogens with zero attached hydrogens (tertiary/aromatic N) is 4. The minimum Gasteiger partial charge on any atom is -0.381 e. The number of carbonyl (C=O) groups excluding carboxylic acids is 2. The lowest BCUT2D eigenvalue weighted by Gasteiger charge is -2.44. The Hall–Kier alpha value is -2.63. The average Bonchev–Trinajstić information content (AvgIpc) is 3.29. The van der Waals surface area contributed by atoms with Crippen LogP contribution in [-0.4, -0.2) is 77.0 Å². The first-order valence-electron chi connectivity index (χ1n) is 11.7. The Balaban J connectivity index is 1.48. The average molecular weight is 529 g/mol. The zero-order valence-corrected chi connectivity index (χ0v) is 20.6. The summed E-state index contributed by atoms with van der Waals surface area (Å²) in [6.07, 6.45) is 2.78. The summed E-state index contributed by atoms with van der Waals surface area (Å²) in [4.78, 5) is 29.8. The number of rotatable bonds is 8. The van der Waals surface area contributed by atoms with E-state index in [1.165, 1.54) is 24.4 Å². The minimum absolute atomic E-state index is 0.0462. The van der Waals surface area contributed by atoms with E-state index in [1.807, 2.05) is 0 Å². The van der Waals surface area contributed by atoms with Gasteiger partial charge in [-0.1, -0.05) is 17.7 Å². The number of benzene rings is 1. The summed E-state index contributed by atoms with van der Waals surface area (Å²) in [6.45, 7) is -1.21. The van der Waals surface area contributed by atoms with Crippen LogP contribution in [0.2, 0.25) is 5.02 Å².